The van der Waals surface area contributed by atoms with E-state index >= 15 is 0 Å². The Labute approximate surface area is 173 Å². The maximum atomic E-state index is 13.8. The van der Waals surface area contributed by atoms with E-state index in [1.54, 1.807) is 7.11 Å². The lowest BCUT2D eigenvalue weighted by atomic mass is 9.66. The topological polar surface area (TPSA) is 51.1 Å². The molecule has 0 radical (unpaired) electrons. The van der Waals surface area contributed by atoms with Crippen LogP contribution in [0, 0.1) is 11.3 Å². The average Bonchev–Trinajstić information content (AvgIpc) is 3.17. The maximum Gasteiger partial charge on any atom is 0.232 e. The number of likely N-dealkylation sites (tertiary alicyclic amines) is 1. The Balaban J connectivity index is 1.85. The number of nitrogens with zero attached hydrogens (tertiary/aromatic N) is 2. The second-order valence-corrected chi connectivity index (χ2v) is 8.59. The Morgan fingerprint density at radius 1 is 1.34 bits per heavy atom. The smallest absolute Gasteiger partial charge is 0.232 e. The summed E-state index contributed by atoms with van der Waals surface area (Å²) in [7, 11) is 1.68. The molecular formula is C24H32N2O3. The van der Waals surface area contributed by atoms with Gasteiger partial charge in [-0.1, -0.05) is 32.1 Å². The minimum atomic E-state index is -0.689. The van der Waals surface area contributed by atoms with Crippen molar-refractivity contribution >= 4 is 11.6 Å². The number of benzene rings is 1. The normalized spacial score (nSPS) is 35.9. The monoisotopic (exact) mass is 396 g/mol. The van der Waals surface area contributed by atoms with E-state index in [-0.39, 0.29) is 24.0 Å². The zero-order chi connectivity index (χ0) is 20.8. The zero-order valence-electron chi connectivity index (χ0n) is 18.0. The van der Waals surface area contributed by atoms with Crippen LogP contribution >= 0.6 is 0 Å². The highest BCUT2D eigenvalue weighted by Gasteiger charge is 2.68. The molecule has 5 nitrogen and oxygen atoms in total. The van der Waals surface area contributed by atoms with Gasteiger partial charge in [0.1, 0.15) is 5.75 Å². The third kappa shape index (κ3) is 2.77. The molecule has 1 saturated heterocycles. The van der Waals surface area contributed by atoms with Gasteiger partial charge in [0.15, 0.2) is 12.0 Å². The second kappa shape index (κ2) is 7.28. The number of methoxy groups -OCH3 is 1. The molecule has 2 heterocycles. The first-order chi connectivity index (χ1) is 14.0. The van der Waals surface area contributed by atoms with Crippen LogP contribution in [0.5, 0.6) is 5.75 Å². The number of carbonyl (C=O) groups is 1. The van der Waals surface area contributed by atoms with Crippen LogP contribution in [0.2, 0.25) is 0 Å². The first-order valence-electron chi connectivity index (χ1n) is 10.8. The van der Waals surface area contributed by atoms with E-state index in [1.807, 2.05) is 30.0 Å². The number of ether oxygens (including phenoxy) is 2. The first-order valence-corrected chi connectivity index (χ1v) is 10.8. The van der Waals surface area contributed by atoms with Crippen LogP contribution in [0.1, 0.15) is 57.9 Å². The molecule has 1 aromatic carbocycles. The van der Waals surface area contributed by atoms with E-state index in [4.69, 9.17) is 14.5 Å². The van der Waals surface area contributed by atoms with Crippen molar-refractivity contribution in [2.45, 2.75) is 64.3 Å². The molecule has 1 spiro atoms. The molecule has 0 aromatic heterocycles. The molecule has 5 heteroatoms. The van der Waals surface area contributed by atoms with Crippen molar-refractivity contribution in [3.05, 3.63) is 42.5 Å². The first kappa shape index (κ1) is 20.1. The van der Waals surface area contributed by atoms with E-state index in [1.165, 1.54) is 5.56 Å². The molecule has 3 aliphatic rings. The second-order valence-electron chi connectivity index (χ2n) is 8.59. The van der Waals surface area contributed by atoms with Crippen molar-refractivity contribution in [3.63, 3.8) is 0 Å². The third-order valence-corrected chi connectivity index (χ3v) is 7.35. The lowest BCUT2D eigenvalue weighted by Gasteiger charge is -2.39. The summed E-state index contributed by atoms with van der Waals surface area (Å²) in [6.07, 6.45) is 4.69. The van der Waals surface area contributed by atoms with E-state index < -0.39 is 11.1 Å². The van der Waals surface area contributed by atoms with Crippen LogP contribution in [0.3, 0.4) is 0 Å². The van der Waals surface area contributed by atoms with Crippen molar-refractivity contribution in [1.82, 2.24) is 4.90 Å². The highest BCUT2D eigenvalue weighted by atomic mass is 16.6. The maximum absolute atomic E-state index is 13.8. The summed E-state index contributed by atoms with van der Waals surface area (Å²) in [5, 5.41) is 0. The number of hydrogen-bond acceptors (Lipinski definition) is 4. The highest BCUT2D eigenvalue weighted by molar-refractivity contribution is 6.02. The van der Waals surface area contributed by atoms with Gasteiger partial charge in [-0.15, -0.1) is 6.58 Å². The molecule has 1 amide bonds. The highest BCUT2D eigenvalue weighted by Crippen LogP contribution is 2.60. The molecule has 0 N–H and O–H groups in total. The molecule has 4 rings (SSSR count). The summed E-state index contributed by atoms with van der Waals surface area (Å²) in [6, 6.07) is 8.26. The fraction of sp³-hybridized carbons (Fsp3) is 0.583. The predicted molar refractivity (Wildman–Crippen MR) is 114 cm³/mol. The quantitative estimate of drug-likeness (QED) is 0.664. The molecule has 1 saturated carbocycles. The molecular weight excluding hydrogens is 364 g/mol. The van der Waals surface area contributed by atoms with Crippen LogP contribution in [-0.2, 0) is 9.53 Å². The minimum Gasteiger partial charge on any atom is -0.497 e. The van der Waals surface area contributed by atoms with Crippen LogP contribution in [0.4, 0.5) is 0 Å². The number of aliphatic imine (C=N–C) groups is 1. The van der Waals surface area contributed by atoms with Gasteiger partial charge in [0.2, 0.25) is 5.91 Å². The molecule has 2 aliphatic heterocycles. The summed E-state index contributed by atoms with van der Waals surface area (Å²) in [5.41, 5.74) is 1.06. The molecule has 0 unspecified atom stereocenters. The molecule has 29 heavy (non-hydrogen) atoms. The number of fused-ring (bicyclic) bond motifs is 1. The van der Waals surface area contributed by atoms with Crippen molar-refractivity contribution in [3.8, 4) is 5.75 Å². The van der Waals surface area contributed by atoms with Crippen molar-refractivity contribution < 1.29 is 14.3 Å². The number of carbonyl (C=O) groups excluding carboxylic acids is 1. The van der Waals surface area contributed by atoms with E-state index in [2.05, 4.69) is 32.6 Å². The molecule has 2 fully saturated rings. The van der Waals surface area contributed by atoms with Crippen LogP contribution in [0.25, 0.3) is 0 Å². The van der Waals surface area contributed by atoms with Crippen LogP contribution in [0.15, 0.2) is 41.9 Å². The Morgan fingerprint density at radius 3 is 2.66 bits per heavy atom. The van der Waals surface area contributed by atoms with Gasteiger partial charge in [0.05, 0.1) is 18.2 Å². The van der Waals surface area contributed by atoms with Gasteiger partial charge in [-0.3, -0.25) is 9.79 Å². The van der Waals surface area contributed by atoms with E-state index in [0.29, 0.717) is 19.4 Å². The van der Waals surface area contributed by atoms with E-state index in [9.17, 15) is 4.79 Å². The summed E-state index contributed by atoms with van der Waals surface area (Å²) >= 11 is 0. The van der Waals surface area contributed by atoms with Gasteiger partial charge in [0.25, 0.3) is 0 Å². The zero-order valence-corrected chi connectivity index (χ0v) is 18.0. The summed E-state index contributed by atoms with van der Waals surface area (Å²) < 4.78 is 11.9. The van der Waals surface area contributed by atoms with Gasteiger partial charge < -0.3 is 14.4 Å². The fourth-order valence-electron chi connectivity index (χ4n) is 5.76. The Morgan fingerprint density at radius 2 is 2.07 bits per heavy atom. The van der Waals surface area contributed by atoms with E-state index in [0.717, 1.165) is 24.3 Å². The molecule has 1 aromatic rings. The van der Waals surface area contributed by atoms with Gasteiger partial charge >= 0.3 is 0 Å². The molecule has 5 atom stereocenters. The average molecular weight is 397 g/mol. The lowest BCUT2D eigenvalue weighted by molar-refractivity contribution is -0.150. The Hall–Kier alpha value is -2.14. The van der Waals surface area contributed by atoms with Crippen molar-refractivity contribution in [1.29, 1.82) is 0 Å². The molecule has 156 valence electrons. The number of hydrogen-bond donors (Lipinski definition) is 0. The fourth-order valence-corrected chi connectivity index (χ4v) is 5.76. The molecule has 2 bridgehead atoms. The number of amides is 1. The standard InChI is InChI=1S/C24H32N2O3/c1-6-13-23-15-24(26(8-3)22(23)27)20(25-21(7-2)29-24)14-19(16(23)4)17-9-11-18(28-5)12-10-17/h6,9-12,16,19,21H,1,7-8,13-15H2,2-5H3/t16-,19+,21-,23+,24+/m1/s1. The molecule has 1 aliphatic carbocycles. The lowest BCUT2D eigenvalue weighted by Crippen LogP contribution is -2.53. The third-order valence-electron chi connectivity index (χ3n) is 7.35. The van der Waals surface area contributed by atoms with Crippen molar-refractivity contribution in [2.24, 2.45) is 16.3 Å². The van der Waals surface area contributed by atoms with Gasteiger partial charge in [-0.25, -0.2) is 0 Å². The summed E-state index contributed by atoms with van der Waals surface area (Å²) in [4.78, 5) is 20.8. The van der Waals surface area contributed by atoms with Gasteiger partial charge in [-0.05, 0) is 55.7 Å². The minimum absolute atomic E-state index is 0.145. The SMILES string of the molecule is C=CC[C@]12C[C@@]3(O[C@H](CC)N=C3C[C@H](c3ccc(OC)cc3)[C@H]1C)N(CC)C2=O. The Kier molecular flexibility index (Phi) is 5.06. The van der Waals surface area contributed by atoms with Gasteiger partial charge in [0, 0.05) is 13.0 Å². The van der Waals surface area contributed by atoms with Crippen LogP contribution in [-0.4, -0.2) is 42.1 Å². The summed E-state index contributed by atoms with van der Waals surface area (Å²) in [6.45, 7) is 11.0. The van der Waals surface area contributed by atoms with Crippen molar-refractivity contribution in [2.75, 3.05) is 13.7 Å². The number of allylic oxidation sites excluding steroid dienone is 1. The van der Waals surface area contributed by atoms with Crippen LogP contribution < -0.4 is 4.74 Å². The largest absolute Gasteiger partial charge is 0.497 e. The number of rotatable bonds is 6. The Bertz CT molecular complexity index is 833. The summed E-state index contributed by atoms with van der Waals surface area (Å²) in [5.74, 6) is 1.38. The predicted octanol–water partition coefficient (Wildman–Crippen LogP) is 4.54. The van der Waals surface area contributed by atoms with Gasteiger partial charge in [-0.2, -0.15) is 0 Å².